The highest BCUT2D eigenvalue weighted by molar-refractivity contribution is 8.18. The molecule has 32 heavy (non-hydrogen) atoms. The second-order valence-corrected chi connectivity index (χ2v) is 9.20. The monoisotopic (exact) mass is 450 g/mol. The van der Waals surface area contributed by atoms with Gasteiger partial charge in [0.25, 0.3) is 5.91 Å². The summed E-state index contributed by atoms with van der Waals surface area (Å²) >= 11 is 1.46. The van der Waals surface area contributed by atoms with Crippen LogP contribution in [0.15, 0.2) is 58.4 Å². The molecule has 6 heteroatoms. The molecule has 1 heterocycles. The van der Waals surface area contributed by atoms with Crippen molar-refractivity contribution in [2.24, 2.45) is 10.9 Å². The maximum absolute atomic E-state index is 13.6. The van der Waals surface area contributed by atoms with Crippen molar-refractivity contribution >= 4 is 34.6 Å². The van der Waals surface area contributed by atoms with E-state index in [2.05, 4.69) is 6.92 Å². The maximum Gasteiger partial charge on any atom is 0.267 e. The number of nitrogens with zero attached hydrogens (tertiary/aromatic N) is 2. The molecule has 1 aliphatic heterocycles. The highest BCUT2D eigenvalue weighted by Gasteiger charge is 2.41. The molecule has 0 spiro atoms. The molecule has 2 aromatic carbocycles. The summed E-state index contributed by atoms with van der Waals surface area (Å²) in [4.78, 5) is 21.1. The van der Waals surface area contributed by atoms with E-state index in [1.807, 2.05) is 66.4 Å². The van der Waals surface area contributed by atoms with Crippen LogP contribution in [0.1, 0.15) is 45.1 Å². The Kier molecular flexibility index (Phi) is 7.20. The molecule has 168 valence electrons. The predicted molar refractivity (Wildman–Crippen MR) is 132 cm³/mol. The van der Waals surface area contributed by atoms with Crippen molar-refractivity contribution < 1.29 is 14.3 Å². The fourth-order valence-corrected chi connectivity index (χ4v) is 5.40. The molecule has 2 fully saturated rings. The van der Waals surface area contributed by atoms with E-state index in [9.17, 15) is 4.79 Å². The fourth-order valence-electron chi connectivity index (χ4n) is 4.35. The van der Waals surface area contributed by atoms with Gasteiger partial charge in [-0.25, -0.2) is 4.99 Å². The van der Waals surface area contributed by atoms with Gasteiger partial charge in [-0.1, -0.05) is 44.0 Å². The minimum atomic E-state index is 0.0382. The Morgan fingerprint density at radius 2 is 1.91 bits per heavy atom. The fraction of sp³-hybridized carbons (Fsp3) is 0.385. The van der Waals surface area contributed by atoms with Crippen LogP contribution in [-0.4, -0.2) is 35.7 Å². The topological polar surface area (TPSA) is 51.1 Å². The van der Waals surface area contributed by atoms with Crippen molar-refractivity contribution in [3.8, 4) is 11.5 Å². The highest BCUT2D eigenvalue weighted by Crippen LogP contribution is 2.40. The summed E-state index contributed by atoms with van der Waals surface area (Å²) in [6, 6.07) is 15.8. The van der Waals surface area contributed by atoms with E-state index < -0.39 is 0 Å². The SMILES string of the molecule is CCOc1ccc(/C=C2\SC(=Nc3ccccc3)N([C@H]3CCCC[C@H]3C)C2=O)cc1OC. The summed E-state index contributed by atoms with van der Waals surface area (Å²) < 4.78 is 11.1. The Bertz CT molecular complexity index is 1020. The number of amidine groups is 1. The third-order valence-electron chi connectivity index (χ3n) is 6.00. The number of ether oxygens (including phenoxy) is 2. The van der Waals surface area contributed by atoms with Gasteiger partial charge >= 0.3 is 0 Å². The molecule has 2 aliphatic rings. The van der Waals surface area contributed by atoms with Gasteiger partial charge in [0.05, 0.1) is 24.3 Å². The van der Waals surface area contributed by atoms with Crippen LogP contribution in [-0.2, 0) is 4.79 Å². The van der Waals surface area contributed by atoms with E-state index >= 15 is 0 Å². The first kappa shape index (κ1) is 22.5. The number of para-hydroxylation sites is 1. The molecule has 4 rings (SSSR count). The number of carbonyl (C=O) groups is 1. The molecular formula is C26H30N2O3S. The zero-order chi connectivity index (χ0) is 22.5. The van der Waals surface area contributed by atoms with E-state index in [0.717, 1.165) is 35.7 Å². The van der Waals surface area contributed by atoms with Crippen molar-refractivity contribution in [3.63, 3.8) is 0 Å². The van der Waals surface area contributed by atoms with Gasteiger partial charge in [0.15, 0.2) is 16.7 Å². The summed E-state index contributed by atoms with van der Waals surface area (Å²) in [5, 5.41) is 0.768. The average Bonchev–Trinajstić information content (AvgIpc) is 3.10. The third kappa shape index (κ3) is 4.85. The number of thioether (sulfide) groups is 1. The smallest absolute Gasteiger partial charge is 0.267 e. The van der Waals surface area contributed by atoms with Crippen molar-refractivity contribution in [2.45, 2.75) is 45.6 Å². The molecule has 2 atom stereocenters. The first-order valence-corrected chi connectivity index (χ1v) is 12.1. The Morgan fingerprint density at radius 1 is 1.12 bits per heavy atom. The molecule has 1 saturated heterocycles. The molecule has 0 radical (unpaired) electrons. The molecule has 1 amide bonds. The number of rotatable bonds is 6. The number of carbonyl (C=O) groups excluding carboxylic acids is 1. The molecule has 0 aromatic heterocycles. The largest absolute Gasteiger partial charge is 0.493 e. The zero-order valence-electron chi connectivity index (χ0n) is 18.9. The highest BCUT2D eigenvalue weighted by atomic mass is 32.2. The van der Waals surface area contributed by atoms with E-state index in [1.165, 1.54) is 18.2 Å². The zero-order valence-corrected chi connectivity index (χ0v) is 19.7. The average molecular weight is 451 g/mol. The van der Waals surface area contributed by atoms with Gasteiger partial charge in [-0.2, -0.15) is 0 Å². The van der Waals surface area contributed by atoms with Crippen LogP contribution in [0.25, 0.3) is 6.08 Å². The third-order valence-corrected chi connectivity index (χ3v) is 6.98. The van der Waals surface area contributed by atoms with Gasteiger partial charge < -0.3 is 9.47 Å². The van der Waals surface area contributed by atoms with Crippen LogP contribution in [0.2, 0.25) is 0 Å². The second-order valence-electron chi connectivity index (χ2n) is 8.19. The van der Waals surface area contributed by atoms with Gasteiger partial charge in [-0.15, -0.1) is 0 Å². The van der Waals surface area contributed by atoms with Gasteiger partial charge in [0.1, 0.15) is 0 Å². The van der Waals surface area contributed by atoms with E-state index in [1.54, 1.807) is 7.11 Å². The number of aliphatic imine (C=N–C) groups is 1. The van der Waals surface area contributed by atoms with Gasteiger partial charge in [-0.3, -0.25) is 9.69 Å². The van der Waals surface area contributed by atoms with Crippen molar-refractivity contribution in [2.75, 3.05) is 13.7 Å². The van der Waals surface area contributed by atoms with Crippen LogP contribution >= 0.6 is 11.8 Å². The minimum absolute atomic E-state index is 0.0382. The Labute approximate surface area is 194 Å². The van der Waals surface area contributed by atoms with Crippen molar-refractivity contribution in [3.05, 3.63) is 59.0 Å². The van der Waals surface area contributed by atoms with Crippen LogP contribution < -0.4 is 9.47 Å². The van der Waals surface area contributed by atoms with Crippen molar-refractivity contribution in [1.29, 1.82) is 0 Å². The standard InChI is InChI=1S/C26H30N2O3S/c1-4-31-22-15-14-19(16-23(22)30-3)17-24-25(29)28(21-13-9-8-10-18(21)2)26(32-24)27-20-11-6-5-7-12-20/h5-7,11-12,14-18,21H,4,8-10,13H2,1-3H3/b24-17-,27-26?/t18-,21+/m1/s1. The summed E-state index contributed by atoms with van der Waals surface area (Å²) in [5.41, 5.74) is 1.76. The van der Waals surface area contributed by atoms with E-state index in [4.69, 9.17) is 14.5 Å². The van der Waals surface area contributed by atoms with Gasteiger partial charge in [0.2, 0.25) is 0 Å². The van der Waals surface area contributed by atoms with Crippen LogP contribution in [0, 0.1) is 5.92 Å². The molecule has 1 saturated carbocycles. The Morgan fingerprint density at radius 3 is 2.62 bits per heavy atom. The molecular weight excluding hydrogens is 420 g/mol. The number of benzene rings is 2. The number of amides is 1. The van der Waals surface area contributed by atoms with Crippen LogP contribution in [0.4, 0.5) is 5.69 Å². The summed E-state index contributed by atoms with van der Waals surface area (Å²) in [6.45, 7) is 4.76. The summed E-state index contributed by atoms with van der Waals surface area (Å²) in [5.74, 6) is 1.86. The molecule has 0 N–H and O–H groups in total. The summed E-state index contributed by atoms with van der Waals surface area (Å²) in [7, 11) is 1.63. The summed E-state index contributed by atoms with van der Waals surface area (Å²) in [6.07, 6.45) is 6.47. The second kappa shape index (κ2) is 10.3. The lowest BCUT2D eigenvalue weighted by Crippen LogP contribution is -2.44. The molecule has 0 bridgehead atoms. The maximum atomic E-state index is 13.6. The minimum Gasteiger partial charge on any atom is -0.493 e. The first-order valence-electron chi connectivity index (χ1n) is 11.3. The predicted octanol–water partition coefficient (Wildman–Crippen LogP) is 6.28. The van der Waals surface area contributed by atoms with Gasteiger partial charge in [0, 0.05) is 6.04 Å². The lowest BCUT2D eigenvalue weighted by molar-refractivity contribution is -0.124. The molecule has 5 nitrogen and oxygen atoms in total. The lowest BCUT2D eigenvalue weighted by Gasteiger charge is -2.35. The Balaban J connectivity index is 1.69. The van der Waals surface area contributed by atoms with E-state index in [-0.39, 0.29) is 11.9 Å². The van der Waals surface area contributed by atoms with Crippen LogP contribution in [0.3, 0.4) is 0 Å². The molecule has 1 aliphatic carbocycles. The van der Waals surface area contributed by atoms with E-state index in [0.29, 0.717) is 28.9 Å². The molecule has 0 unspecified atom stereocenters. The quantitative estimate of drug-likeness (QED) is 0.486. The number of hydrogen-bond donors (Lipinski definition) is 0. The van der Waals surface area contributed by atoms with Gasteiger partial charge in [-0.05, 0) is 73.4 Å². The van der Waals surface area contributed by atoms with Crippen LogP contribution in [0.5, 0.6) is 11.5 Å². The lowest BCUT2D eigenvalue weighted by atomic mass is 9.85. The Hall–Kier alpha value is -2.73. The number of methoxy groups -OCH3 is 1. The van der Waals surface area contributed by atoms with Crippen molar-refractivity contribution in [1.82, 2.24) is 4.90 Å². The molecule has 2 aromatic rings. The number of hydrogen-bond acceptors (Lipinski definition) is 5. The first-order chi connectivity index (χ1) is 15.6. The normalized spacial score (nSPS) is 23.7.